The van der Waals surface area contributed by atoms with E-state index in [0.29, 0.717) is 0 Å². The number of ether oxygens (including phenoxy) is 1. The molecule has 0 radical (unpaired) electrons. The zero-order chi connectivity index (χ0) is 9.35. The lowest BCUT2D eigenvalue weighted by Gasteiger charge is -2.24. The molecule has 1 aliphatic rings. The molecule has 0 spiro atoms. The Bertz CT molecular complexity index is 161. The molecule has 0 amide bonds. The lowest BCUT2D eigenvalue weighted by atomic mass is 9.89. The van der Waals surface area contributed by atoms with Gasteiger partial charge in [-0.3, -0.25) is 0 Å². The van der Waals surface area contributed by atoms with Crippen molar-refractivity contribution in [1.82, 2.24) is 0 Å². The monoisotopic (exact) mass is 176 g/mol. The summed E-state index contributed by atoms with van der Waals surface area (Å²) in [4.78, 5) is 0. The average molecular weight is 176 g/mol. The van der Waals surface area contributed by atoms with Crippen LogP contribution in [-0.4, -0.2) is 40.4 Å². The quantitative estimate of drug-likeness (QED) is 0.522. The van der Waals surface area contributed by atoms with Crippen LogP contribution in [0.15, 0.2) is 0 Å². The maximum Gasteiger partial charge on any atom is 0.192 e. The van der Waals surface area contributed by atoms with Crippen LogP contribution in [0.2, 0.25) is 0 Å². The summed E-state index contributed by atoms with van der Waals surface area (Å²) in [5.74, 6) is -1.56. The van der Waals surface area contributed by atoms with Crippen molar-refractivity contribution in [2.45, 2.75) is 25.7 Å². The van der Waals surface area contributed by atoms with Crippen LogP contribution in [0, 0.1) is 11.8 Å². The molecule has 0 aromatic rings. The van der Waals surface area contributed by atoms with Crippen LogP contribution < -0.4 is 0 Å². The summed E-state index contributed by atoms with van der Waals surface area (Å²) in [7, 11) is 0. The summed E-state index contributed by atoms with van der Waals surface area (Å²) in [6.45, 7) is 3.15. The zero-order valence-corrected chi connectivity index (χ0v) is 7.40. The second-order valence-corrected chi connectivity index (χ2v) is 3.49. The van der Waals surface area contributed by atoms with Crippen LogP contribution in [0.1, 0.15) is 13.8 Å². The third kappa shape index (κ3) is 1.35. The predicted molar refractivity (Wildman–Crippen MR) is 42.3 cm³/mol. The Labute approximate surface area is 71.8 Å². The Morgan fingerprint density at radius 3 is 2.17 bits per heavy atom. The summed E-state index contributed by atoms with van der Waals surface area (Å²) < 4.78 is 5.13. The Hall–Kier alpha value is -0.160. The minimum atomic E-state index is -1.47. The highest BCUT2D eigenvalue weighted by Gasteiger charge is 2.49. The molecule has 0 aromatic heterocycles. The van der Waals surface area contributed by atoms with Crippen molar-refractivity contribution in [1.29, 1.82) is 0 Å². The number of hydrogen-bond acceptors (Lipinski definition) is 4. The molecule has 4 heteroatoms. The molecule has 0 aromatic carbocycles. The summed E-state index contributed by atoms with van der Waals surface area (Å²) >= 11 is 0. The molecule has 0 bridgehead atoms. The van der Waals surface area contributed by atoms with Crippen molar-refractivity contribution in [3.05, 3.63) is 0 Å². The molecule has 72 valence electrons. The molecule has 0 aliphatic carbocycles. The third-order valence-corrected chi connectivity index (χ3v) is 2.85. The highest BCUT2D eigenvalue weighted by atomic mass is 16.7. The van der Waals surface area contributed by atoms with E-state index in [2.05, 4.69) is 0 Å². The number of aliphatic hydroxyl groups is 3. The van der Waals surface area contributed by atoms with Gasteiger partial charge in [-0.1, -0.05) is 13.8 Å². The maximum atomic E-state index is 9.66. The minimum Gasteiger partial charge on any atom is -0.394 e. The van der Waals surface area contributed by atoms with Crippen LogP contribution >= 0.6 is 0 Å². The molecular weight excluding hydrogens is 160 g/mol. The lowest BCUT2D eigenvalue weighted by molar-refractivity contribution is -0.232. The van der Waals surface area contributed by atoms with Crippen LogP contribution in [0.3, 0.4) is 0 Å². The van der Waals surface area contributed by atoms with E-state index in [9.17, 15) is 5.11 Å². The van der Waals surface area contributed by atoms with Crippen LogP contribution in [-0.2, 0) is 4.74 Å². The summed E-state index contributed by atoms with van der Waals surface area (Å²) in [6.07, 6.45) is -0.364. The first-order chi connectivity index (χ1) is 5.55. The molecule has 3 N–H and O–H groups in total. The van der Waals surface area contributed by atoms with Gasteiger partial charge in [-0.05, 0) is 5.92 Å². The van der Waals surface area contributed by atoms with Crippen molar-refractivity contribution in [2.75, 3.05) is 13.2 Å². The van der Waals surface area contributed by atoms with Crippen LogP contribution in [0.4, 0.5) is 0 Å². The van der Waals surface area contributed by atoms with Gasteiger partial charge in [0.1, 0.15) is 0 Å². The van der Waals surface area contributed by atoms with Crippen LogP contribution in [0.25, 0.3) is 0 Å². The van der Waals surface area contributed by atoms with E-state index in [0.717, 1.165) is 0 Å². The highest BCUT2D eigenvalue weighted by Crippen LogP contribution is 2.37. The van der Waals surface area contributed by atoms with Crippen molar-refractivity contribution in [2.24, 2.45) is 11.8 Å². The number of hydrogen-bond donors (Lipinski definition) is 3. The largest absolute Gasteiger partial charge is 0.394 e. The Kier molecular flexibility index (Phi) is 2.73. The fraction of sp³-hybridized carbons (Fsp3) is 1.00. The van der Waals surface area contributed by atoms with Gasteiger partial charge >= 0.3 is 0 Å². The standard InChI is InChI=1S/C8H16O4/c1-5-6(2)8(11,4-10)12-7(5)3-9/h5-7,9-11H,3-4H2,1-2H3/t5-,6+,7?,8?/m0/s1. The van der Waals surface area contributed by atoms with Crippen molar-refractivity contribution in [3.63, 3.8) is 0 Å². The fourth-order valence-electron chi connectivity index (χ4n) is 1.59. The Morgan fingerprint density at radius 1 is 1.33 bits per heavy atom. The van der Waals surface area contributed by atoms with Gasteiger partial charge in [0.2, 0.25) is 0 Å². The molecule has 1 fully saturated rings. The number of aliphatic hydroxyl groups excluding tert-OH is 2. The molecule has 2 unspecified atom stereocenters. The van der Waals surface area contributed by atoms with E-state index >= 15 is 0 Å². The molecule has 0 saturated carbocycles. The van der Waals surface area contributed by atoms with Gasteiger partial charge in [0.05, 0.1) is 19.3 Å². The van der Waals surface area contributed by atoms with Crippen molar-refractivity contribution in [3.8, 4) is 0 Å². The molecular formula is C8H16O4. The van der Waals surface area contributed by atoms with E-state index < -0.39 is 12.4 Å². The van der Waals surface area contributed by atoms with Gasteiger partial charge in [0.15, 0.2) is 5.79 Å². The van der Waals surface area contributed by atoms with E-state index in [1.807, 2.05) is 6.92 Å². The van der Waals surface area contributed by atoms with Gasteiger partial charge in [-0.25, -0.2) is 0 Å². The smallest absolute Gasteiger partial charge is 0.192 e. The van der Waals surface area contributed by atoms with Gasteiger partial charge in [0.25, 0.3) is 0 Å². The molecule has 1 rings (SSSR count). The SMILES string of the molecule is C[C@@H]1C(CO)OC(O)(CO)[C@@H]1C. The summed E-state index contributed by atoms with van der Waals surface area (Å²) in [5, 5.41) is 27.4. The second-order valence-electron chi connectivity index (χ2n) is 3.49. The van der Waals surface area contributed by atoms with Gasteiger partial charge in [-0.15, -0.1) is 0 Å². The first-order valence-electron chi connectivity index (χ1n) is 4.17. The summed E-state index contributed by atoms with van der Waals surface area (Å²) in [5.41, 5.74) is 0. The van der Waals surface area contributed by atoms with E-state index in [-0.39, 0.29) is 24.5 Å². The normalized spacial score (nSPS) is 48.2. The van der Waals surface area contributed by atoms with Gasteiger partial charge in [0, 0.05) is 5.92 Å². The number of rotatable bonds is 2. The highest BCUT2D eigenvalue weighted by molar-refractivity contribution is 4.89. The topological polar surface area (TPSA) is 69.9 Å². The minimum absolute atomic E-state index is 0.0622. The second kappa shape index (κ2) is 3.30. The van der Waals surface area contributed by atoms with Gasteiger partial charge in [-0.2, -0.15) is 0 Å². The first kappa shape index (κ1) is 9.92. The van der Waals surface area contributed by atoms with Crippen LogP contribution in [0.5, 0.6) is 0 Å². The predicted octanol–water partition coefficient (Wildman–Crippen LogP) is -0.669. The molecule has 12 heavy (non-hydrogen) atoms. The van der Waals surface area contributed by atoms with E-state index in [1.54, 1.807) is 6.92 Å². The maximum absolute atomic E-state index is 9.66. The average Bonchev–Trinajstić information content (AvgIpc) is 2.31. The molecule has 4 atom stereocenters. The van der Waals surface area contributed by atoms with E-state index in [1.165, 1.54) is 0 Å². The molecule has 1 saturated heterocycles. The summed E-state index contributed by atoms with van der Waals surface area (Å²) in [6, 6.07) is 0. The third-order valence-electron chi connectivity index (χ3n) is 2.85. The molecule has 1 aliphatic heterocycles. The fourth-order valence-corrected chi connectivity index (χ4v) is 1.59. The van der Waals surface area contributed by atoms with Crippen molar-refractivity contribution >= 4 is 0 Å². The van der Waals surface area contributed by atoms with E-state index in [4.69, 9.17) is 14.9 Å². The van der Waals surface area contributed by atoms with Gasteiger partial charge < -0.3 is 20.1 Å². The lowest BCUT2D eigenvalue weighted by Crippen LogP contribution is -2.39. The Balaban J connectivity index is 2.72. The van der Waals surface area contributed by atoms with Crippen molar-refractivity contribution < 1.29 is 20.1 Å². The first-order valence-corrected chi connectivity index (χ1v) is 4.17. The molecule has 1 heterocycles. The zero-order valence-electron chi connectivity index (χ0n) is 7.40. The molecule has 4 nitrogen and oxygen atoms in total. The Morgan fingerprint density at radius 2 is 1.92 bits per heavy atom.